The number of ether oxygens (including phenoxy) is 2. The number of para-hydroxylation sites is 1. The fourth-order valence-electron chi connectivity index (χ4n) is 5.28. The van der Waals surface area contributed by atoms with Crippen molar-refractivity contribution in [2.45, 2.75) is 19.4 Å². The second kappa shape index (κ2) is 13.4. The van der Waals surface area contributed by atoms with Gasteiger partial charge >= 0.3 is 0 Å². The number of hydrogen-bond acceptors (Lipinski definition) is 6. The van der Waals surface area contributed by atoms with E-state index in [2.05, 4.69) is 27.7 Å². The quantitative estimate of drug-likeness (QED) is 0.245. The lowest BCUT2D eigenvalue weighted by Crippen LogP contribution is -2.32. The maximum atomic E-state index is 13.2. The molecule has 0 aliphatic carbocycles. The summed E-state index contributed by atoms with van der Waals surface area (Å²) in [4.78, 5) is 30.6. The highest BCUT2D eigenvalue weighted by molar-refractivity contribution is 6.12. The molecule has 43 heavy (non-hydrogen) atoms. The monoisotopic (exact) mass is 578 g/mol. The Morgan fingerprint density at radius 3 is 2.26 bits per heavy atom. The van der Waals surface area contributed by atoms with Crippen LogP contribution in [-0.2, 0) is 19.4 Å². The molecule has 4 aromatic carbocycles. The van der Waals surface area contributed by atoms with Crippen molar-refractivity contribution in [3.63, 3.8) is 0 Å². The Bertz CT molecular complexity index is 1600. The molecule has 8 heteroatoms. The van der Waals surface area contributed by atoms with Crippen LogP contribution >= 0.6 is 0 Å². The molecule has 1 aliphatic heterocycles. The van der Waals surface area contributed by atoms with E-state index in [1.807, 2.05) is 61.5 Å². The first-order valence-corrected chi connectivity index (χ1v) is 14.4. The fourth-order valence-corrected chi connectivity index (χ4v) is 5.28. The molecule has 0 radical (unpaired) electrons. The van der Waals surface area contributed by atoms with Gasteiger partial charge in [-0.15, -0.1) is 0 Å². The number of fused-ring (bicyclic) bond motifs is 1. The van der Waals surface area contributed by atoms with Crippen LogP contribution in [0.1, 0.15) is 37.4 Å². The largest absolute Gasteiger partial charge is 0.493 e. The standard InChI is InChI=1S/C35H38N4O4/c1-38(2)29-9-7-8-26(20-29)34(40)37-31-11-6-5-10-30(31)35(41)36-28-14-12-24(13-15-28)16-18-39-19-17-25-21-32(42-3)33(43-4)22-27(25)23-39/h5-15,20-22H,16-19,23H2,1-4H3,(H,36,41)(H,37,40). The zero-order chi connectivity index (χ0) is 30.3. The summed E-state index contributed by atoms with van der Waals surface area (Å²) in [5.74, 6) is 0.982. The Morgan fingerprint density at radius 2 is 1.53 bits per heavy atom. The van der Waals surface area contributed by atoms with Gasteiger partial charge in [0.1, 0.15) is 0 Å². The molecule has 0 atom stereocenters. The van der Waals surface area contributed by atoms with Crippen molar-refractivity contribution in [2.75, 3.05) is 56.9 Å². The number of methoxy groups -OCH3 is 2. The molecule has 0 spiro atoms. The molecule has 222 valence electrons. The number of amides is 2. The Balaban J connectivity index is 1.17. The number of benzene rings is 4. The molecule has 1 heterocycles. The van der Waals surface area contributed by atoms with Gasteiger partial charge in [-0.05, 0) is 84.1 Å². The van der Waals surface area contributed by atoms with Crippen LogP contribution in [0.25, 0.3) is 0 Å². The van der Waals surface area contributed by atoms with Crippen LogP contribution in [0.4, 0.5) is 17.1 Å². The van der Waals surface area contributed by atoms with Gasteiger partial charge in [0, 0.05) is 50.7 Å². The van der Waals surface area contributed by atoms with Crippen molar-refractivity contribution in [2.24, 2.45) is 0 Å². The van der Waals surface area contributed by atoms with Crippen molar-refractivity contribution in [1.29, 1.82) is 0 Å². The summed E-state index contributed by atoms with van der Waals surface area (Å²) in [5.41, 5.74) is 6.77. The third-order valence-corrected chi connectivity index (χ3v) is 7.77. The lowest BCUT2D eigenvalue weighted by atomic mass is 9.98. The maximum Gasteiger partial charge on any atom is 0.257 e. The van der Waals surface area contributed by atoms with Crippen LogP contribution in [0.3, 0.4) is 0 Å². The summed E-state index contributed by atoms with van der Waals surface area (Å²) in [6, 6.07) is 26.5. The summed E-state index contributed by atoms with van der Waals surface area (Å²) < 4.78 is 11.0. The molecule has 0 bridgehead atoms. The minimum absolute atomic E-state index is 0.274. The Kier molecular flexibility index (Phi) is 9.27. The van der Waals surface area contributed by atoms with Gasteiger partial charge in [-0.3, -0.25) is 14.5 Å². The van der Waals surface area contributed by atoms with E-state index < -0.39 is 0 Å². The SMILES string of the molecule is COc1cc2c(cc1OC)CN(CCc1ccc(NC(=O)c3ccccc3NC(=O)c3cccc(N(C)C)c3)cc1)CC2. The van der Waals surface area contributed by atoms with E-state index in [4.69, 9.17) is 9.47 Å². The van der Waals surface area contributed by atoms with Gasteiger partial charge in [-0.25, -0.2) is 0 Å². The van der Waals surface area contributed by atoms with Crippen LogP contribution in [0.2, 0.25) is 0 Å². The number of hydrogen-bond donors (Lipinski definition) is 2. The molecule has 1 aliphatic rings. The van der Waals surface area contributed by atoms with E-state index in [0.29, 0.717) is 22.5 Å². The van der Waals surface area contributed by atoms with E-state index in [-0.39, 0.29) is 11.8 Å². The highest BCUT2D eigenvalue weighted by Crippen LogP contribution is 2.33. The Morgan fingerprint density at radius 1 is 0.814 bits per heavy atom. The van der Waals surface area contributed by atoms with Crippen LogP contribution < -0.4 is 25.0 Å². The van der Waals surface area contributed by atoms with Gasteiger partial charge in [-0.1, -0.05) is 30.3 Å². The number of nitrogens with one attached hydrogen (secondary N) is 2. The van der Waals surface area contributed by atoms with Crippen molar-refractivity contribution >= 4 is 28.9 Å². The normalized spacial score (nSPS) is 12.7. The van der Waals surface area contributed by atoms with Crippen LogP contribution in [0, 0.1) is 0 Å². The number of carbonyl (C=O) groups excluding carboxylic acids is 2. The Hall–Kier alpha value is -4.82. The number of carbonyl (C=O) groups is 2. The lowest BCUT2D eigenvalue weighted by molar-refractivity contribution is 0.102. The molecule has 0 fully saturated rings. The van der Waals surface area contributed by atoms with E-state index >= 15 is 0 Å². The molecular formula is C35H38N4O4. The lowest BCUT2D eigenvalue weighted by Gasteiger charge is -2.29. The molecule has 0 saturated heterocycles. The van der Waals surface area contributed by atoms with Crippen LogP contribution in [0.5, 0.6) is 11.5 Å². The van der Waals surface area contributed by atoms with Gasteiger partial charge in [-0.2, -0.15) is 0 Å². The first-order chi connectivity index (χ1) is 20.8. The van der Waals surface area contributed by atoms with Crippen molar-refractivity contribution in [3.05, 3.63) is 113 Å². The average molecular weight is 579 g/mol. The summed E-state index contributed by atoms with van der Waals surface area (Å²) in [5, 5.41) is 5.87. The Labute approximate surface area is 253 Å². The van der Waals surface area contributed by atoms with Crippen molar-refractivity contribution in [3.8, 4) is 11.5 Å². The van der Waals surface area contributed by atoms with E-state index in [9.17, 15) is 9.59 Å². The molecule has 0 saturated carbocycles. The van der Waals surface area contributed by atoms with Gasteiger partial charge in [0.15, 0.2) is 11.5 Å². The minimum Gasteiger partial charge on any atom is -0.493 e. The van der Waals surface area contributed by atoms with Crippen LogP contribution in [-0.4, -0.2) is 58.1 Å². The summed E-state index contributed by atoms with van der Waals surface area (Å²) >= 11 is 0. The molecule has 0 unspecified atom stereocenters. The molecular weight excluding hydrogens is 540 g/mol. The van der Waals surface area contributed by atoms with Crippen LogP contribution in [0.15, 0.2) is 84.9 Å². The summed E-state index contributed by atoms with van der Waals surface area (Å²) in [6.07, 6.45) is 1.88. The van der Waals surface area contributed by atoms with Gasteiger partial charge in [0.25, 0.3) is 11.8 Å². The summed E-state index contributed by atoms with van der Waals surface area (Å²) in [7, 11) is 7.18. The fraction of sp³-hybridized carbons (Fsp3) is 0.257. The number of rotatable bonds is 10. The molecule has 2 amide bonds. The highest BCUT2D eigenvalue weighted by Gasteiger charge is 2.20. The molecule has 4 aromatic rings. The van der Waals surface area contributed by atoms with E-state index in [0.717, 1.165) is 49.7 Å². The molecule has 2 N–H and O–H groups in total. The maximum absolute atomic E-state index is 13.2. The number of nitrogens with zero attached hydrogens (tertiary/aromatic N) is 2. The van der Waals surface area contributed by atoms with Crippen molar-refractivity contribution < 1.29 is 19.1 Å². The highest BCUT2D eigenvalue weighted by atomic mass is 16.5. The van der Waals surface area contributed by atoms with Gasteiger partial charge in [0.2, 0.25) is 0 Å². The minimum atomic E-state index is -0.287. The molecule has 5 rings (SSSR count). The van der Waals surface area contributed by atoms with Gasteiger partial charge in [0.05, 0.1) is 25.5 Å². The predicted molar refractivity (Wildman–Crippen MR) is 172 cm³/mol. The van der Waals surface area contributed by atoms with Gasteiger partial charge < -0.3 is 25.0 Å². The summed E-state index contributed by atoms with van der Waals surface area (Å²) in [6.45, 7) is 2.80. The molecule has 0 aromatic heterocycles. The van der Waals surface area contributed by atoms with E-state index in [1.165, 1.54) is 16.7 Å². The third kappa shape index (κ3) is 7.16. The predicted octanol–water partition coefficient (Wildman–Crippen LogP) is 5.88. The second-order valence-corrected chi connectivity index (χ2v) is 10.8. The second-order valence-electron chi connectivity index (χ2n) is 10.8. The smallest absolute Gasteiger partial charge is 0.257 e. The van der Waals surface area contributed by atoms with E-state index in [1.54, 1.807) is 44.6 Å². The zero-order valence-corrected chi connectivity index (χ0v) is 25.1. The zero-order valence-electron chi connectivity index (χ0n) is 25.1. The molecule has 8 nitrogen and oxygen atoms in total. The average Bonchev–Trinajstić information content (AvgIpc) is 3.03. The number of anilines is 3. The topological polar surface area (TPSA) is 83.1 Å². The van der Waals surface area contributed by atoms with Crippen molar-refractivity contribution in [1.82, 2.24) is 4.90 Å². The first kappa shape index (κ1) is 29.7. The third-order valence-electron chi connectivity index (χ3n) is 7.77. The first-order valence-electron chi connectivity index (χ1n) is 14.4.